The van der Waals surface area contributed by atoms with Gasteiger partial charge in [-0.15, -0.1) is 22.7 Å². The molecule has 2 heterocycles. The number of aliphatic carboxylic acids is 1. The van der Waals surface area contributed by atoms with E-state index in [1.165, 1.54) is 0 Å². The van der Waals surface area contributed by atoms with Crippen LogP contribution in [0.3, 0.4) is 0 Å². The van der Waals surface area contributed by atoms with Crippen LogP contribution in [0.5, 0.6) is 0 Å². The lowest BCUT2D eigenvalue weighted by molar-refractivity contribution is -0.141. The molecule has 0 saturated heterocycles. The molecule has 16 heavy (non-hydrogen) atoms. The molecule has 2 aromatic rings. The highest BCUT2D eigenvalue weighted by Gasteiger charge is 2.14. The number of nitrogens with zero attached hydrogens (tertiary/aromatic N) is 1. The maximum atomic E-state index is 10.7. The Bertz CT molecular complexity index is 476. The summed E-state index contributed by atoms with van der Waals surface area (Å²) in [5, 5.41) is 13.7. The van der Waals surface area contributed by atoms with Gasteiger partial charge >= 0.3 is 5.97 Å². The monoisotopic (exact) mass is 253 g/mol. The zero-order chi connectivity index (χ0) is 11.5. The van der Waals surface area contributed by atoms with Gasteiger partial charge in [0.2, 0.25) is 0 Å². The van der Waals surface area contributed by atoms with Crippen molar-refractivity contribution in [2.45, 2.75) is 13.3 Å². The van der Waals surface area contributed by atoms with Crippen molar-refractivity contribution in [3.8, 4) is 9.88 Å². The third-order valence-electron chi connectivity index (χ3n) is 2.22. The van der Waals surface area contributed by atoms with Crippen LogP contribution >= 0.6 is 22.7 Å². The van der Waals surface area contributed by atoms with Crippen LogP contribution in [0.2, 0.25) is 0 Å². The lowest BCUT2D eigenvalue weighted by Crippen LogP contribution is -2.12. The number of carbonyl (C=O) groups is 1. The van der Waals surface area contributed by atoms with E-state index < -0.39 is 5.97 Å². The Hall–Kier alpha value is -1.20. The molecule has 0 bridgehead atoms. The van der Waals surface area contributed by atoms with Crippen molar-refractivity contribution < 1.29 is 9.90 Å². The minimum absolute atomic E-state index is 0.377. The average Bonchev–Trinajstić information content (AvgIpc) is 2.85. The minimum Gasteiger partial charge on any atom is -0.481 e. The van der Waals surface area contributed by atoms with E-state index in [0.29, 0.717) is 6.42 Å². The summed E-state index contributed by atoms with van der Waals surface area (Å²) in [5.41, 5.74) is 0.864. The summed E-state index contributed by atoms with van der Waals surface area (Å²) in [5.74, 6) is -1.15. The van der Waals surface area contributed by atoms with E-state index in [1.807, 2.05) is 22.9 Å². The molecular weight excluding hydrogens is 242 g/mol. The molecule has 0 aliphatic carbocycles. The summed E-state index contributed by atoms with van der Waals surface area (Å²) in [6.45, 7) is 1.70. The van der Waals surface area contributed by atoms with E-state index in [1.54, 1.807) is 29.6 Å². The number of hydrogen-bond donors (Lipinski definition) is 1. The standard InChI is InChI=1S/C11H11NO2S2/c1-7(11(13)14)5-8-6-16-10(12-8)9-3-2-4-15-9/h2-4,6-7H,5H2,1H3,(H,13,14). The molecule has 1 unspecified atom stereocenters. The predicted octanol–water partition coefficient (Wildman–Crippen LogP) is 3.13. The fourth-order valence-electron chi connectivity index (χ4n) is 1.32. The van der Waals surface area contributed by atoms with Crippen LogP contribution in [0.1, 0.15) is 12.6 Å². The summed E-state index contributed by atoms with van der Waals surface area (Å²) in [6, 6.07) is 4.01. The Morgan fingerprint density at radius 1 is 1.56 bits per heavy atom. The van der Waals surface area contributed by atoms with Gasteiger partial charge in [-0.05, 0) is 11.4 Å². The zero-order valence-corrected chi connectivity index (χ0v) is 10.3. The van der Waals surface area contributed by atoms with E-state index in [-0.39, 0.29) is 5.92 Å². The van der Waals surface area contributed by atoms with Crippen LogP contribution in [0.25, 0.3) is 9.88 Å². The molecule has 84 valence electrons. The maximum Gasteiger partial charge on any atom is 0.306 e. The summed E-state index contributed by atoms with van der Waals surface area (Å²) in [4.78, 5) is 16.3. The van der Waals surface area contributed by atoms with Crippen molar-refractivity contribution in [1.29, 1.82) is 0 Å². The molecule has 5 heteroatoms. The molecule has 2 aromatic heterocycles. The van der Waals surface area contributed by atoms with Gasteiger partial charge in [-0.2, -0.15) is 0 Å². The third-order valence-corrected chi connectivity index (χ3v) is 4.15. The lowest BCUT2D eigenvalue weighted by atomic mass is 10.1. The maximum absolute atomic E-state index is 10.7. The van der Waals surface area contributed by atoms with Crippen LogP contribution in [0, 0.1) is 5.92 Å². The van der Waals surface area contributed by atoms with Gasteiger partial charge in [0.15, 0.2) is 0 Å². The van der Waals surface area contributed by atoms with Crippen molar-refractivity contribution in [2.75, 3.05) is 0 Å². The van der Waals surface area contributed by atoms with Crippen molar-refractivity contribution in [1.82, 2.24) is 4.98 Å². The molecule has 3 nitrogen and oxygen atoms in total. The van der Waals surface area contributed by atoms with Crippen molar-refractivity contribution in [2.24, 2.45) is 5.92 Å². The van der Waals surface area contributed by atoms with Gasteiger partial charge in [0.25, 0.3) is 0 Å². The number of carboxylic acids is 1. The summed E-state index contributed by atoms with van der Waals surface area (Å²) < 4.78 is 0. The molecular formula is C11H11NO2S2. The fraction of sp³-hybridized carbons (Fsp3) is 0.273. The van der Waals surface area contributed by atoms with Crippen molar-refractivity contribution >= 4 is 28.6 Å². The number of thiazole rings is 1. The second kappa shape index (κ2) is 4.76. The summed E-state index contributed by atoms with van der Waals surface area (Å²) in [7, 11) is 0. The first-order valence-corrected chi connectivity index (χ1v) is 6.64. The fourth-order valence-corrected chi connectivity index (χ4v) is 2.96. The molecule has 0 amide bonds. The number of hydrogen-bond acceptors (Lipinski definition) is 4. The molecule has 1 atom stereocenters. The van der Waals surface area contributed by atoms with Gasteiger partial charge in [0.05, 0.1) is 16.5 Å². The number of carboxylic acid groups (broad SMARTS) is 1. The summed E-state index contributed by atoms with van der Waals surface area (Å²) >= 11 is 3.21. The van der Waals surface area contributed by atoms with Crippen molar-refractivity contribution in [3.63, 3.8) is 0 Å². The van der Waals surface area contributed by atoms with E-state index in [0.717, 1.165) is 15.6 Å². The molecule has 0 spiro atoms. The quantitative estimate of drug-likeness (QED) is 0.910. The molecule has 1 N–H and O–H groups in total. The predicted molar refractivity (Wildman–Crippen MR) is 65.9 cm³/mol. The van der Waals surface area contributed by atoms with Gasteiger partial charge < -0.3 is 5.11 Å². The lowest BCUT2D eigenvalue weighted by Gasteiger charge is -2.01. The second-order valence-corrected chi connectivity index (χ2v) is 5.37. The molecule has 0 radical (unpaired) electrons. The van der Waals surface area contributed by atoms with Crippen molar-refractivity contribution in [3.05, 3.63) is 28.6 Å². The van der Waals surface area contributed by atoms with Crippen LogP contribution in [0.15, 0.2) is 22.9 Å². The number of thiophene rings is 1. The SMILES string of the molecule is CC(Cc1csc(-c2cccs2)n1)C(=O)O. The Morgan fingerprint density at radius 3 is 3.00 bits per heavy atom. The minimum atomic E-state index is -0.773. The second-order valence-electron chi connectivity index (χ2n) is 3.56. The van der Waals surface area contributed by atoms with E-state index in [2.05, 4.69) is 4.98 Å². The van der Waals surface area contributed by atoms with Crippen LogP contribution in [-0.4, -0.2) is 16.1 Å². The molecule has 2 rings (SSSR count). The Balaban J connectivity index is 2.11. The molecule has 0 aromatic carbocycles. The molecule has 0 saturated carbocycles. The van der Waals surface area contributed by atoms with E-state index in [4.69, 9.17) is 5.11 Å². The normalized spacial score (nSPS) is 12.6. The molecule has 0 fully saturated rings. The summed E-state index contributed by atoms with van der Waals surface area (Å²) in [6.07, 6.45) is 0.497. The van der Waals surface area contributed by atoms with Crippen LogP contribution in [-0.2, 0) is 11.2 Å². The van der Waals surface area contributed by atoms with Gasteiger partial charge in [0.1, 0.15) is 5.01 Å². The Morgan fingerprint density at radius 2 is 2.38 bits per heavy atom. The first kappa shape index (κ1) is 11.3. The van der Waals surface area contributed by atoms with Gasteiger partial charge in [-0.25, -0.2) is 4.98 Å². The highest BCUT2D eigenvalue weighted by Crippen LogP contribution is 2.28. The third kappa shape index (κ3) is 2.48. The van der Waals surface area contributed by atoms with Gasteiger partial charge in [0, 0.05) is 11.8 Å². The smallest absolute Gasteiger partial charge is 0.306 e. The Labute approximate surface area is 101 Å². The first-order chi connectivity index (χ1) is 7.66. The van der Waals surface area contributed by atoms with E-state index >= 15 is 0 Å². The topological polar surface area (TPSA) is 50.2 Å². The molecule has 0 aliphatic rings. The zero-order valence-electron chi connectivity index (χ0n) is 8.71. The van der Waals surface area contributed by atoms with E-state index in [9.17, 15) is 4.79 Å². The highest BCUT2D eigenvalue weighted by molar-refractivity contribution is 7.20. The van der Waals surface area contributed by atoms with Crippen LogP contribution < -0.4 is 0 Å². The molecule has 0 aliphatic heterocycles. The van der Waals surface area contributed by atoms with Gasteiger partial charge in [-0.3, -0.25) is 4.79 Å². The number of rotatable bonds is 4. The highest BCUT2D eigenvalue weighted by atomic mass is 32.1. The largest absolute Gasteiger partial charge is 0.481 e. The Kier molecular flexibility index (Phi) is 3.36. The van der Waals surface area contributed by atoms with Gasteiger partial charge in [-0.1, -0.05) is 13.0 Å². The first-order valence-electron chi connectivity index (χ1n) is 4.88. The average molecular weight is 253 g/mol. The number of aromatic nitrogens is 1. The van der Waals surface area contributed by atoms with Crippen LogP contribution in [0.4, 0.5) is 0 Å².